The number of carbonyl (C=O) groups is 1. The molecular formula is C30H32N4O4S. The molecule has 4 aromatic heterocycles. The van der Waals surface area contributed by atoms with E-state index < -0.39 is 0 Å². The number of imidazole rings is 1. The van der Waals surface area contributed by atoms with Gasteiger partial charge in [-0.05, 0) is 30.9 Å². The van der Waals surface area contributed by atoms with Gasteiger partial charge in [0.25, 0.3) is 0 Å². The van der Waals surface area contributed by atoms with Crippen LogP contribution < -0.4 is 4.74 Å². The van der Waals surface area contributed by atoms with Crippen LogP contribution in [0, 0.1) is 0 Å². The van der Waals surface area contributed by atoms with E-state index >= 15 is 0 Å². The molecule has 5 heterocycles. The monoisotopic (exact) mass is 544 g/mol. The van der Waals surface area contributed by atoms with Crippen LogP contribution in [0.4, 0.5) is 0 Å². The van der Waals surface area contributed by atoms with Crippen LogP contribution in [0.5, 0.6) is 5.88 Å². The number of pyridine rings is 1. The summed E-state index contributed by atoms with van der Waals surface area (Å²) < 4.78 is 19.1. The van der Waals surface area contributed by atoms with Gasteiger partial charge in [-0.1, -0.05) is 61.5 Å². The second-order valence-electron chi connectivity index (χ2n) is 11.2. The fourth-order valence-electron chi connectivity index (χ4n) is 4.74. The number of benzene rings is 1. The number of fused-ring (bicyclic) bond motifs is 3. The maximum atomic E-state index is 12.6. The fraction of sp³-hybridized carbons (Fsp3) is 0.400. The number of ether oxygens (including phenoxy) is 2. The largest absolute Gasteiger partial charge is 0.475 e. The van der Waals surface area contributed by atoms with Crippen LogP contribution in [0.3, 0.4) is 0 Å². The van der Waals surface area contributed by atoms with Gasteiger partial charge in [-0.25, -0.2) is 9.97 Å². The number of thiazole rings is 1. The first-order valence-electron chi connectivity index (χ1n) is 13.4. The predicted molar refractivity (Wildman–Crippen MR) is 151 cm³/mol. The van der Waals surface area contributed by atoms with Gasteiger partial charge in [0.1, 0.15) is 23.0 Å². The lowest BCUT2D eigenvalue weighted by molar-refractivity contribution is -0.117. The lowest BCUT2D eigenvalue weighted by Gasteiger charge is -2.22. The van der Waals surface area contributed by atoms with Gasteiger partial charge in [0.05, 0.1) is 29.4 Å². The van der Waals surface area contributed by atoms with Gasteiger partial charge in [0.15, 0.2) is 4.96 Å². The molecule has 1 aromatic carbocycles. The minimum atomic E-state index is -0.129. The van der Waals surface area contributed by atoms with E-state index in [1.54, 1.807) is 0 Å². The third-order valence-corrected chi connectivity index (χ3v) is 7.92. The molecule has 0 spiro atoms. The van der Waals surface area contributed by atoms with Crippen molar-refractivity contribution in [3.63, 3.8) is 0 Å². The van der Waals surface area contributed by atoms with Crippen molar-refractivity contribution in [3.8, 4) is 17.1 Å². The minimum absolute atomic E-state index is 0.104. The summed E-state index contributed by atoms with van der Waals surface area (Å²) in [5, 5.41) is 4.07. The van der Waals surface area contributed by atoms with Crippen LogP contribution in [-0.2, 0) is 27.8 Å². The summed E-state index contributed by atoms with van der Waals surface area (Å²) >= 11 is 1.54. The predicted octanol–water partition coefficient (Wildman–Crippen LogP) is 6.20. The molecule has 5 aromatic rings. The van der Waals surface area contributed by atoms with E-state index in [1.807, 2.05) is 48.7 Å². The first-order chi connectivity index (χ1) is 18.8. The van der Waals surface area contributed by atoms with Crippen molar-refractivity contribution in [1.29, 1.82) is 0 Å². The Hall–Kier alpha value is -3.56. The Kier molecular flexibility index (Phi) is 6.95. The van der Waals surface area contributed by atoms with Crippen molar-refractivity contribution in [1.82, 2.24) is 19.5 Å². The van der Waals surface area contributed by atoms with Gasteiger partial charge in [0.2, 0.25) is 5.88 Å². The summed E-state index contributed by atoms with van der Waals surface area (Å²) in [7, 11) is 0. The van der Waals surface area contributed by atoms with Gasteiger partial charge < -0.3 is 14.0 Å². The van der Waals surface area contributed by atoms with Crippen molar-refractivity contribution in [3.05, 3.63) is 65.7 Å². The molecule has 0 saturated carbocycles. The molecule has 0 bridgehead atoms. The van der Waals surface area contributed by atoms with E-state index in [9.17, 15) is 4.79 Å². The van der Waals surface area contributed by atoms with Crippen LogP contribution in [0.15, 0.2) is 53.2 Å². The molecule has 1 atom stereocenters. The number of carbonyl (C=O) groups excluding carboxylic acids is 1. The van der Waals surface area contributed by atoms with E-state index in [4.69, 9.17) is 24.0 Å². The molecule has 1 unspecified atom stereocenters. The highest BCUT2D eigenvalue weighted by Crippen LogP contribution is 2.30. The lowest BCUT2D eigenvalue weighted by Crippen LogP contribution is -2.25. The standard InChI is InChI=1S/C30H32N4O4S/c1-30(2,3)26-16-21(33-38-26)15-22(35)14-19-7-9-20(10-8-19)24-17-34-25-11-12-27(32-28(25)39-29(34)31-24)37-18-23-6-4-5-13-36-23/h7-12,16-17,23H,4-6,13-15,18H2,1-3H3. The van der Waals surface area contributed by atoms with Crippen LogP contribution in [0.1, 0.15) is 57.1 Å². The molecule has 6 rings (SSSR count). The molecule has 1 aliphatic heterocycles. The van der Waals surface area contributed by atoms with Crippen molar-refractivity contribution in [2.45, 2.75) is 64.4 Å². The molecule has 0 aliphatic carbocycles. The van der Waals surface area contributed by atoms with Crippen molar-refractivity contribution < 1.29 is 18.8 Å². The van der Waals surface area contributed by atoms with E-state index in [-0.39, 0.29) is 23.7 Å². The summed E-state index contributed by atoms with van der Waals surface area (Å²) in [4.78, 5) is 23.9. The van der Waals surface area contributed by atoms with E-state index in [0.717, 1.165) is 57.3 Å². The molecule has 9 heteroatoms. The quantitative estimate of drug-likeness (QED) is 0.230. The number of rotatable bonds is 8. The minimum Gasteiger partial charge on any atom is -0.475 e. The zero-order valence-corrected chi connectivity index (χ0v) is 23.3. The van der Waals surface area contributed by atoms with E-state index in [1.165, 1.54) is 17.8 Å². The molecule has 0 radical (unpaired) electrons. The van der Waals surface area contributed by atoms with Gasteiger partial charge in [0, 0.05) is 42.3 Å². The highest BCUT2D eigenvalue weighted by atomic mass is 32.1. The average molecular weight is 545 g/mol. The Labute approximate surface area is 231 Å². The molecule has 8 nitrogen and oxygen atoms in total. The third-order valence-electron chi connectivity index (χ3n) is 6.95. The first-order valence-corrected chi connectivity index (χ1v) is 14.2. The van der Waals surface area contributed by atoms with Crippen LogP contribution in [0.25, 0.3) is 26.6 Å². The SMILES string of the molecule is CC(C)(C)c1cc(CC(=O)Cc2ccc(-c3cn4c(n3)sc3nc(OCC5CCCCO5)ccc34)cc2)no1. The summed E-state index contributed by atoms with van der Waals surface area (Å²) in [6.45, 7) is 7.53. The van der Waals surface area contributed by atoms with Crippen molar-refractivity contribution >= 4 is 32.4 Å². The number of ketones is 1. The molecule has 0 N–H and O–H groups in total. The van der Waals surface area contributed by atoms with Crippen molar-refractivity contribution in [2.24, 2.45) is 0 Å². The average Bonchev–Trinajstić information content (AvgIpc) is 3.63. The molecule has 1 fully saturated rings. The third kappa shape index (κ3) is 5.74. The number of Topliss-reactive ketones (excluding diaryl/α,β-unsaturated/α-hetero) is 1. The lowest BCUT2D eigenvalue weighted by atomic mass is 9.93. The summed E-state index contributed by atoms with van der Waals surface area (Å²) in [5.41, 5.74) is 4.40. The number of hydrogen-bond acceptors (Lipinski definition) is 8. The van der Waals surface area contributed by atoms with Crippen LogP contribution in [-0.4, -0.2) is 44.6 Å². The summed E-state index contributed by atoms with van der Waals surface area (Å²) in [6.07, 6.45) is 6.16. The molecule has 39 heavy (non-hydrogen) atoms. The zero-order valence-electron chi connectivity index (χ0n) is 22.5. The first kappa shape index (κ1) is 25.7. The molecule has 1 aliphatic rings. The molecule has 202 valence electrons. The van der Waals surface area contributed by atoms with E-state index in [0.29, 0.717) is 24.6 Å². The Morgan fingerprint density at radius 2 is 1.95 bits per heavy atom. The summed E-state index contributed by atoms with van der Waals surface area (Å²) in [5.74, 6) is 1.51. The Morgan fingerprint density at radius 3 is 2.69 bits per heavy atom. The highest BCUT2D eigenvalue weighted by Gasteiger charge is 2.21. The van der Waals surface area contributed by atoms with Crippen LogP contribution >= 0.6 is 11.3 Å². The number of hydrogen-bond donors (Lipinski definition) is 0. The van der Waals surface area contributed by atoms with Gasteiger partial charge >= 0.3 is 0 Å². The maximum Gasteiger partial charge on any atom is 0.214 e. The Balaban J connectivity index is 1.10. The number of nitrogens with zero attached hydrogens (tertiary/aromatic N) is 4. The van der Waals surface area contributed by atoms with Crippen LogP contribution in [0.2, 0.25) is 0 Å². The zero-order chi connectivity index (χ0) is 27.0. The second-order valence-corrected chi connectivity index (χ2v) is 12.1. The topological polar surface area (TPSA) is 91.8 Å². The van der Waals surface area contributed by atoms with E-state index in [2.05, 4.69) is 30.3 Å². The smallest absolute Gasteiger partial charge is 0.214 e. The Morgan fingerprint density at radius 1 is 1.10 bits per heavy atom. The molecule has 1 saturated heterocycles. The second kappa shape index (κ2) is 10.5. The van der Waals surface area contributed by atoms with Gasteiger partial charge in [-0.2, -0.15) is 0 Å². The molecule has 0 amide bonds. The maximum absolute atomic E-state index is 12.6. The number of aromatic nitrogens is 4. The fourth-order valence-corrected chi connectivity index (χ4v) is 5.71. The molecular weight excluding hydrogens is 512 g/mol. The Bertz CT molecular complexity index is 1600. The van der Waals surface area contributed by atoms with Gasteiger partial charge in [-0.15, -0.1) is 0 Å². The normalized spacial score (nSPS) is 16.2. The van der Waals surface area contributed by atoms with Crippen molar-refractivity contribution in [2.75, 3.05) is 13.2 Å². The summed E-state index contributed by atoms with van der Waals surface area (Å²) in [6, 6.07) is 13.8. The van der Waals surface area contributed by atoms with Gasteiger partial charge in [-0.3, -0.25) is 9.20 Å². The highest BCUT2D eigenvalue weighted by molar-refractivity contribution is 7.23.